The summed E-state index contributed by atoms with van der Waals surface area (Å²) in [4.78, 5) is 21.7. The number of nitrogen functional groups attached to an aromatic ring is 1. The van der Waals surface area contributed by atoms with E-state index in [9.17, 15) is 31.1 Å². The van der Waals surface area contributed by atoms with Gasteiger partial charge in [0.25, 0.3) is 0 Å². The molecule has 0 bridgehead atoms. The van der Waals surface area contributed by atoms with E-state index in [1.807, 2.05) is 0 Å². The Morgan fingerprint density at radius 3 is 2.43 bits per heavy atom. The molecule has 37 heavy (non-hydrogen) atoms. The maximum atomic E-state index is 14.0. The zero-order valence-corrected chi connectivity index (χ0v) is 19.1. The number of halogens is 6. The maximum Gasteiger partial charge on any atom is 0.453 e. The Labute approximate surface area is 205 Å². The maximum absolute atomic E-state index is 14.0. The van der Waals surface area contributed by atoms with Crippen LogP contribution in [0.2, 0.25) is 0 Å². The van der Waals surface area contributed by atoms with Crippen molar-refractivity contribution in [3.63, 3.8) is 0 Å². The lowest BCUT2D eigenvalue weighted by Crippen LogP contribution is -2.37. The van der Waals surface area contributed by atoms with E-state index in [0.717, 1.165) is 16.8 Å². The molecule has 4 aromatic rings. The van der Waals surface area contributed by atoms with E-state index in [-0.39, 0.29) is 34.1 Å². The van der Waals surface area contributed by atoms with Gasteiger partial charge in [0, 0.05) is 18.4 Å². The van der Waals surface area contributed by atoms with E-state index in [4.69, 9.17) is 5.73 Å². The second kappa shape index (κ2) is 8.18. The van der Waals surface area contributed by atoms with Crippen LogP contribution >= 0.6 is 0 Å². The Bertz CT molecular complexity index is 1530. The van der Waals surface area contributed by atoms with Crippen LogP contribution in [-0.2, 0) is 16.8 Å². The predicted octanol–water partition coefficient (Wildman–Crippen LogP) is 5.06. The number of carbonyl (C=O) groups excluding carboxylic acids is 1. The molecule has 7 nitrogen and oxygen atoms in total. The fourth-order valence-electron chi connectivity index (χ4n) is 4.43. The summed E-state index contributed by atoms with van der Waals surface area (Å²) in [7, 11) is 0. The van der Waals surface area contributed by atoms with Gasteiger partial charge in [-0.1, -0.05) is 30.3 Å². The number of amides is 1. The third-order valence-electron chi connectivity index (χ3n) is 6.45. The minimum atomic E-state index is -5.74. The minimum Gasteiger partial charge on any atom is -0.383 e. The minimum absolute atomic E-state index is 0.0256. The lowest BCUT2D eigenvalue weighted by molar-refractivity contribution is -0.285. The first kappa shape index (κ1) is 24.5. The van der Waals surface area contributed by atoms with E-state index >= 15 is 0 Å². The van der Waals surface area contributed by atoms with Crippen molar-refractivity contribution in [2.75, 3.05) is 11.1 Å². The van der Waals surface area contributed by atoms with Crippen molar-refractivity contribution in [2.24, 2.45) is 0 Å². The first-order valence-electron chi connectivity index (χ1n) is 11.0. The van der Waals surface area contributed by atoms with Crippen molar-refractivity contribution >= 4 is 28.4 Å². The number of benzene rings is 2. The van der Waals surface area contributed by atoms with Crippen LogP contribution in [-0.4, -0.2) is 37.8 Å². The Balaban J connectivity index is 1.61. The fourth-order valence-corrected chi connectivity index (χ4v) is 4.43. The first-order valence-corrected chi connectivity index (χ1v) is 11.0. The molecule has 3 heterocycles. The molecule has 0 fully saturated rings. The average Bonchev–Trinajstić information content (AvgIpc) is 3.32. The predicted molar refractivity (Wildman–Crippen MR) is 122 cm³/mol. The molecule has 0 spiro atoms. The number of hydrogen-bond donors (Lipinski definition) is 2. The van der Waals surface area contributed by atoms with Crippen molar-refractivity contribution in [1.29, 1.82) is 0 Å². The van der Waals surface area contributed by atoms with E-state index < -0.39 is 42.2 Å². The zero-order chi connectivity index (χ0) is 26.8. The summed E-state index contributed by atoms with van der Waals surface area (Å²) in [6, 6.07) is 12.1. The molecule has 1 atom stereocenters. The molecule has 0 radical (unpaired) electrons. The molecule has 0 aliphatic carbocycles. The standard InChI is InChI=1S/C24H18F6N6O/c1-22(12-5-3-2-4-6-12)16-18(31)32-20(33-19(16)34-21(22)37)17-14-8-7-13(25)11-15(14)36(35-17)10-9-23(26,27)24(28,29)30/h2-8,11H,9-10H2,1H3,(H3,31,32,33,34,37). The molecule has 0 saturated heterocycles. The summed E-state index contributed by atoms with van der Waals surface area (Å²) in [5.74, 6) is -6.20. The Hall–Kier alpha value is -4.16. The summed E-state index contributed by atoms with van der Waals surface area (Å²) in [6.07, 6.45) is -7.35. The van der Waals surface area contributed by atoms with Crippen LogP contribution in [0.25, 0.3) is 22.4 Å². The molecule has 2 aromatic carbocycles. The molecular formula is C24H18F6N6O. The molecule has 1 unspecified atom stereocenters. The van der Waals surface area contributed by atoms with E-state index in [1.54, 1.807) is 37.3 Å². The van der Waals surface area contributed by atoms with Crippen molar-refractivity contribution < 1.29 is 31.1 Å². The normalized spacial score (nSPS) is 17.8. The molecule has 13 heteroatoms. The van der Waals surface area contributed by atoms with Crippen molar-refractivity contribution in [3.05, 3.63) is 65.5 Å². The van der Waals surface area contributed by atoms with Crippen LogP contribution in [0.1, 0.15) is 24.5 Å². The van der Waals surface area contributed by atoms with Gasteiger partial charge in [-0.2, -0.15) is 27.1 Å². The van der Waals surface area contributed by atoms with Crippen LogP contribution in [0.5, 0.6) is 0 Å². The second-order valence-electron chi connectivity index (χ2n) is 8.79. The molecule has 5 rings (SSSR count). The van der Waals surface area contributed by atoms with Gasteiger partial charge in [-0.3, -0.25) is 9.48 Å². The fraction of sp³-hybridized carbons (Fsp3) is 0.250. The molecule has 1 aliphatic heterocycles. The second-order valence-corrected chi connectivity index (χ2v) is 8.79. The van der Waals surface area contributed by atoms with Crippen molar-refractivity contribution in [2.45, 2.75) is 37.4 Å². The molecule has 192 valence electrons. The van der Waals surface area contributed by atoms with Gasteiger partial charge in [-0.05, 0) is 30.7 Å². The topological polar surface area (TPSA) is 98.7 Å². The van der Waals surface area contributed by atoms with Crippen LogP contribution in [0.4, 0.5) is 38.0 Å². The number of anilines is 2. The van der Waals surface area contributed by atoms with Crippen LogP contribution < -0.4 is 11.1 Å². The molecule has 0 saturated carbocycles. The number of fused-ring (bicyclic) bond motifs is 2. The lowest BCUT2D eigenvalue weighted by Gasteiger charge is -2.23. The quantitative estimate of drug-likeness (QED) is 0.359. The smallest absolute Gasteiger partial charge is 0.383 e. The number of rotatable bonds is 5. The van der Waals surface area contributed by atoms with Gasteiger partial charge in [0.05, 0.1) is 11.1 Å². The third kappa shape index (κ3) is 3.85. The number of carbonyl (C=O) groups is 1. The highest BCUT2D eigenvalue weighted by Crippen LogP contribution is 2.45. The number of nitrogens with two attached hydrogens (primary N) is 1. The summed E-state index contributed by atoms with van der Waals surface area (Å²) in [6.45, 7) is 0.798. The Morgan fingerprint density at radius 1 is 1.05 bits per heavy atom. The highest BCUT2D eigenvalue weighted by Gasteiger charge is 2.56. The number of nitrogens with one attached hydrogen (secondary N) is 1. The Morgan fingerprint density at radius 2 is 1.76 bits per heavy atom. The van der Waals surface area contributed by atoms with Gasteiger partial charge < -0.3 is 11.1 Å². The van der Waals surface area contributed by atoms with Gasteiger partial charge in [-0.15, -0.1) is 0 Å². The van der Waals surface area contributed by atoms with E-state index in [1.165, 1.54) is 6.07 Å². The van der Waals surface area contributed by atoms with Gasteiger partial charge in [-0.25, -0.2) is 14.4 Å². The summed E-state index contributed by atoms with van der Waals surface area (Å²) in [5, 5.41) is 7.00. The van der Waals surface area contributed by atoms with Crippen LogP contribution in [0.15, 0.2) is 48.5 Å². The van der Waals surface area contributed by atoms with Gasteiger partial charge in [0.2, 0.25) is 5.91 Å². The van der Waals surface area contributed by atoms with Crippen molar-refractivity contribution in [3.8, 4) is 11.5 Å². The molecular weight excluding hydrogens is 502 g/mol. The van der Waals surface area contributed by atoms with Crippen LogP contribution in [0, 0.1) is 5.82 Å². The number of aryl methyl sites for hydroxylation is 1. The summed E-state index contributed by atoms with van der Waals surface area (Å²) in [5.41, 5.74) is 5.97. The molecule has 3 N–H and O–H groups in total. The largest absolute Gasteiger partial charge is 0.453 e. The van der Waals surface area contributed by atoms with Crippen molar-refractivity contribution in [1.82, 2.24) is 19.7 Å². The van der Waals surface area contributed by atoms with Gasteiger partial charge in [0.15, 0.2) is 5.82 Å². The Kier molecular flexibility index (Phi) is 5.42. The number of aromatic nitrogens is 4. The molecule has 2 aromatic heterocycles. The lowest BCUT2D eigenvalue weighted by atomic mass is 9.78. The average molecular weight is 520 g/mol. The number of hydrogen-bond acceptors (Lipinski definition) is 5. The van der Waals surface area contributed by atoms with E-state index in [0.29, 0.717) is 11.1 Å². The van der Waals surface area contributed by atoms with Gasteiger partial charge >= 0.3 is 12.1 Å². The summed E-state index contributed by atoms with van der Waals surface area (Å²) < 4.78 is 79.9. The van der Waals surface area contributed by atoms with Crippen LogP contribution in [0.3, 0.4) is 0 Å². The number of nitrogens with zero attached hydrogens (tertiary/aromatic N) is 4. The monoisotopic (exact) mass is 520 g/mol. The SMILES string of the molecule is CC1(c2ccccc2)C(=O)Nc2nc(-c3nn(CCC(F)(F)C(F)(F)F)c4cc(F)ccc34)nc(N)c21. The summed E-state index contributed by atoms with van der Waals surface area (Å²) >= 11 is 0. The van der Waals surface area contributed by atoms with Gasteiger partial charge in [0.1, 0.15) is 28.6 Å². The highest BCUT2D eigenvalue weighted by molar-refractivity contribution is 6.09. The first-order chi connectivity index (χ1) is 17.3. The third-order valence-corrected chi connectivity index (χ3v) is 6.45. The van der Waals surface area contributed by atoms with E-state index in [2.05, 4.69) is 20.4 Å². The zero-order valence-electron chi connectivity index (χ0n) is 19.1. The highest BCUT2D eigenvalue weighted by atomic mass is 19.4. The molecule has 1 aliphatic rings. The number of alkyl halides is 5. The molecule has 1 amide bonds.